The van der Waals surface area contributed by atoms with Gasteiger partial charge in [-0.15, -0.1) is 0 Å². The van der Waals surface area contributed by atoms with E-state index in [1.807, 2.05) is 0 Å². The molecule has 0 aliphatic carbocycles. The number of benzene rings is 1. The molecule has 1 rings (SSSR count). The molecular formula is C9H8F3NO2. The Morgan fingerprint density at radius 1 is 1.20 bits per heavy atom. The van der Waals surface area contributed by atoms with Gasteiger partial charge in [-0.3, -0.25) is 0 Å². The second kappa shape index (κ2) is 3.54. The van der Waals surface area contributed by atoms with E-state index in [2.05, 4.69) is 0 Å². The molecule has 0 unspecified atom stereocenters. The average molecular weight is 219 g/mol. The summed E-state index contributed by atoms with van der Waals surface area (Å²) in [4.78, 5) is 10.6. The summed E-state index contributed by atoms with van der Waals surface area (Å²) in [6.45, 7) is 0. The Balaban J connectivity index is 3.32. The minimum absolute atomic E-state index is 0.495. The Kier molecular flexibility index (Phi) is 2.72. The molecule has 0 heterocycles. The maximum atomic E-state index is 12.5. The lowest BCUT2D eigenvalue weighted by atomic mass is 9.90. The fourth-order valence-electron chi connectivity index (χ4n) is 1.11. The van der Waals surface area contributed by atoms with Gasteiger partial charge in [0.15, 0.2) is 0 Å². The van der Waals surface area contributed by atoms with Crippen LogP contribution in [0.4, 0.5) is 13.2 Å². The van der Waals surface area contributed by atoms with E-state index in [0.717, 1.165) is 12.1 Å². The van der Waals surface area contributed by atoms with E-state index in [9.17, 15) is 18.0 Å². The van der Waals surface area contributed by atoms with Crippen molar-refractivity contribution in [3.8, 4) is 0 Å². The van der Waals surface area contributed by atoms with E-state index < -0.39 is 23.2 Å². The van der Waals surface area contributed by atoms with E-state index in [-0.39, 0.29) is 0 Å². The van der Waals surface area contributed by atoms with E-state index in [1.165, 1.54) is 18.2 Å². The molecule has 0 saturated heterocycles. The molecule has 6 heteroatoms. The number of nitrogens with two attached hydrogens (primary N) is 1. The van der Waals surface area contributed by atoms with Gasteiger partial charge in [0.05, 0.1) is 0 Å². The van der Waals surface area contributed by atoms with E-state index >= 15 is 0 Å². The predicted octanol–water partition coefficient (Wildman–Crippen LogP) is 1.49. The summed E-state index contributed by atoms with van der Waals surface area (Å²) in [6.07, 6.45) is -5.04. The lowest BCUT2D eigenvalue weighted by Gasteiger charge is -2.27. The highest BCUT2D eigenvalue weighted by molar-refractivity contribution is 5.81. The van der Waals surface area contributed by atoms with Crippen molar-refractivity contribution in [2.24, 2.45) is 5.73 Å². The zero-order chi connectivity index (χ0) is 11.7. The Morgan fingerprint density at radius 3 is 2.00 bits per heavy atom. The molecule has 0 amide bonds. The van der Waals surface area contributed by atoms with Crippen molar-refractivity contribution >= 4 is 5.97 Å². The summed E-state index contributed by atoms with van der Waals surface area (Å²) >= 11 is 0. The molecule has 0 aliphatic rings. The first kappa shape index (κ1) is 11.5. The largest absolute Gasteiger partial charge is 0.479 e. The molecule has 1 aromatic carbocycles. The van der Waals surface area contributed by atoms with E-state index in [0.29, 0.717) is 0 Å². The maximum absolute atomic E-state index is 12.5. The highest BCUT2D eigenvalue weighted by Crippen LogP contribution is 2.36. The van der Waals surface area contributed by atoms with Gasteiger partial charge in [0.1, 0.15) is 0 Å². The fraction of sp³-hybridized carbons (Fsp3) is 0.222. The quantitative estimate of drug-likeness (QED) is 0.791. The number of alkyl halides is 3. The van der Waals surface area contributed by atoms with Gasteiger partial charge in [-0.2, -0.15) is 13.2 Å². The molecule has 82 valence electrons. The first-order chi connectivity index (χ1) is 6.80. The third kappa shape index (κ3) is 1.80. The normalized spacial score (nSPS) is 15.7. The molecule has 0 fully saturated rings. The molecule has 1 aromatic rings. The van der Waals surface area contributed by atoms with Crippen molar-refractivity contribution in [2.75, 3.05) is 0 Å². The Hall–Kier alpha value is -1.56. The van der Waals surface area contributed by atoms with Gasteiger partial charge in [-0.25, -0.2) is 4.79 Å². The van der Waals surface area contributed by atoms with Crippen LogP contribution in [0.1, 0.15) is 5.56 Å². The van der Waals surface area contributed by atoms with Crippen molar-refractivity contribution in [1.82, 2.24) is 0 Å². The van der Waals surface area contributed by atoms with Crippen LogP contribution >= 0.6 is 0 Å². The number of hydrogen-bond donors (Lipinski definition) is 2. The van der Waals surface area contributed by atoms with Gasteiger partial charge < -0.3 is 10.8 Å². The predicted molar refractivity (Wildman–Crippen MR) is 46.0 cm³/mol. The summed E-state index contributed by atoms with van der Waals surface area (Å²) in [5.74, 6) is -2.12. The van der Waals surface area contributed by atoms with Crippen LogP contribution in [0, 0.1) is 0 Å². The highest BCUT2D eigenvalue weighted by atomic mass is 19.4. The smallest absolute Gasteiger partial charge is 0.421 e. The zero-order valence-electron chi connectivity index (χ0n) is 7.45. The number of rotatable bonds is 2. The summed E-state index contributed by atoms with van der Waals surface area (Å²) in [5.41, 5.74) is 1.07. The van der Waals surface area contributed by atoms with Crippen LogP contribution in [0.5, 0.6) is 0 Å². The van der Waals surface area contributed by atoms with Gasteiger partial charge >= 0.3 is 12.1 Å². The van der Waals surface area contributed by atoms with Crippen molar-refractivity contribution in [1.29, 1.82) is 0 Å². The van der Waals surface area contributed by atoms with Gasteiger partial charge in [0.2, 0.25) is 5.54 Å². The van der Waals surface area contributed by atoms with Crippen LogP contribution in [0.15, 0.2) is 30.3 Å². The van der Waals surface area contributed by atoms with Crippen molar-refractivity contribution < 1.29 is 23.1 Å². The van der Waals surface area contributed by atoms with Crippen LogP contribution < -0.4 is 5.73 Å². The van der Waals surface area contributed by atoms with Gasteiger partial charge in [-0.1, -0.05) is 30.3 Å². The van der Waals surface area contributed by atoms with Crippen LogP contribution in [-0.4, -0.2) is 17.3 Å². The molecule has 0 saturated carbocycles. The van der Waals surface area contributed by atoms with Crippen LogP contribution in [0.2, 0.25) is 0 Å². The molecule has 1 atom stereocenters. The average Bonchev–Trinajstić information content (AvgIpc) is 2.16. The molecule has 0 aliphatic heterocycles. The van der Waals surface area contributed by atoms with Crippen molar-refractivity contribution in [3.63, 3.8) is 0 Å². The second-order valence-corrected chi connectivity index (χ2v) is 2.98. The van der Waals surface area contributed by atoms with Gasteiger partial charge in [0, 0.05) is 0 Å². The SMILES string of the molecule is N[C@@](C(=O)O)(c1ccccc1)C(F)(F)F. The van der Waals surface area contributed by atoms with E-state index in [1.54, 1.807) is 0 Å². The van der Waals surface area contributed by atoms with Crippen LogP contribution in [-0.2, 0) is 10.3 Å². The van der Waals surface area contributed by atoms with Crippen LogP contribution in [0.25, 0.3) is 0 Å². The first-order valence-electron chi connectivity index (χ1n) is 3.94. The summed E-state index contributed by atoms with van der Waals surface area (Å²) in [7, 11) is 0. The number of carboxylic acid groups (broad SMARTS) is 1. The highest BCUT2D eigenvalue weighted by Gasteiger charge is 2.59. The monoisotopic (exact) mass is 219 g/mol. The molecule has 15 heavy (non-hydrogen) atoms. The number of aliphatic carboxylic acids is 1. The molecule has 0 bridgehead atoms. The zero-order valence-corrected chi connectivity index (χ0v) is 7.45. The number of carbonyl (C=O) groups is 1. The Bertz CT molecular complexity index is 363. The lowest BCUT2D eigenvalue weighted by molar-refractivity contribution is -0.204. The second-order valence-electron chi connectivity index (χ2n) is 2.98. The molecule has 3 nitrogen and oxygen atoms in total. The Morgan fingerprint density at radius 2 is 1.67 bits per heavy atom. The summed E-state index contributed by atoms with van der Waals surface area (Å²) < 4.78 is 37.6. The topological polar surface area (TPSA) is 63.3 Å². The van der Waals surface area contributed by atoms with Crippen LogP contribution in [0.3, 0.4) is 0 Å². The summed E-state index contributed by atoms with van der Waals surface area (Å²) in [6, 6.07) is 6.13. The molecule has 3 N–H and O–H groups in total. The maximum Gasteiger partial charge on any atom is 0.421 e. The number of halogens is 3. The molecule has 0 radical (unpaired) electrons. The number of carboxylic acids is 1. The number of hydrogen-bond acceptors (Lipinski definition) is 2. The molecule has 0 aromatic heterocycles. The van der Waals surface area contributed by atoms with Crippen molar-refractivity contribution in [2.45, 2.75) is 11.7 Å². The minimum atomic E-state index is -5.04. The molecule has 0 spiro atoms. The summed E-state index contributed by atoms with van der Waals surface area (Å²) in [5, 5.41) is 8.58. The standard InChI is InChI=1S/C9H8F3NO2/c10-9(11,12)8(13,7(14)15)6-4-2-1-3-5-6/h1-5H,13H2,(H,14,15)/t8-/m1/s1. The third-order valence-electron chi connectivity index (χ3n) is 2.01. The van der Waals surface area contributed by atoms with Crippen molar-refractivity contribution in [3.05, 3.63) is 35.9 Å². The van der Waals surface area contributed by atoms with E-state index in [4.69, 9.17) is 10.8 Å². The lowest BCUT2D eigenvalue weighted by Crippen LogP contribution is -2.56. The Labute approximate surface area is 83.3 Å². The molecular weight excluding hydrogens is 211 g/mol. The van der Waals surface area contributed by atoms with Gasteiger partial charge in [0.25, 0.3) is 0 Å². The third-order valence-corrected chi connectivity index (χ3v) is 2.01. The minimum Gasteiger partial charge on any atom is -0.479 e. The first-order valence-corrected chi connectivity index (χ1v) is 3.94. The fourth-order valence-corrected chi connectivity index (χ4v) is 1.11. The van der Waals surface area contributed by atoms with Gasteiger partial charge in [-0.05, 0) is 5.56 Å².